The van der Waals surface area contributed by atoms with Crippen molar-refractivity contribution in [1.82, 2.24) is 5.32 Å². The van der Waals surface area contributed by atoms with Crippen LogP contribution in [0.3, 0.4) is 0 Å². The predicted molar refractivity (Wildman–Crippen MR) is 58.9 cm³/mol. The first-order chi connectivity index (χ1) is 6.25. The molecule has 13 heavy (non-hydrogen) atoms. The Morgan fingerprint density at radius 3 is 2.77 bits per heavy atom. The topological polar surface area (TPSA) is 12.0 Å². The lowest BCUT2D eigenvalue weighted by Crippen LogP contribution is -2.43. The number of aryl methyl sites for hydroxylation is 1. The van der Waals surface area contributed by atoms with E-state index in [4.69, 9.17) is 0 Å². The van der Waals surface area contributed by atoms with E-state index in [1.165, 1.54) is 35.1 Å². The Balaban J connectivity index is 2.10. The lowest BCUT2D eigenvalue weighted by atomic mass is 9.92. The van der Waals surface area contributed by atoms with Crippen LogP contribution in [-0.4, -0.2) is 13.1 Å². The summed E-state index contributed by atoms with van der Waals surface area (Å²) in [6, 6.07) is 6.56. The van der Waals surface area contributed by atoms with Crippen molar-refractivity contribution in [3.05, 3.63) is 33.8 Å². The quantitative estimate of drug-likeness (QED) is 0.837. The molecule has 1 aromatic rings. The van der Waals surface area contributed by atoms with Crippen LogP contribution in [0.15, 0.2) is 22.7 Å². The van der Waals surface area contributed by atoms with Crippen LogP contribution in [0.4, 0.5) is 0 Å². The highest BCUT2D eigenvalue weighted by atomic mass is 79.9. The summed E-state index contributed by atoms with van der Waals surface area (Å²) in [6.07, 6.45) is 1.23. The van der Waals surface area contributed by atoms with Crippen molar-refractivity contribution in [2.75, 3.05) is 13.1 Å². The third-order valence-electron chi connectivity index (χ3n) is 2.68. The zero-order valence-corrected chi connectivity index (χ0v) is 9.39. The number of benzene rings is 1. The Morgan fingerprint density at radius 2 is 2.23 bits per heavy atom. The summed E-state index contributed by atoms with van der Waals surface area (Å²) in [5, 5.41) is 3.30. The Hall–Kier alpha value is -0.340. The van der Waals surface area contributed by atoms with Crippen LogP contribution in [0, 0.1) is 12.8 Å². The second kappa shape index (κ2) is 3.81. The van der Waals surface area contributed by atoms with Crippen molar-refractivity contribution in [2.24, 2.45) is 5.92 Å². The zero-order valence-electron chi connectivity index (χ0n) is 7.81. The molecule has 1 heterocycles. The Morgan fingerprint density at radius 1 is 1.46 bits per heavy atom. The normalized spacial score (nSPS) is 17.1. The molecule has 0 amide bonds. The van der Waals surface area contributed by atoms with Crippen LogP contribution in [0.1, 0.15) is 11.1 Å². The summed E-state index contributed by atoms with van der Waals surface area (Å²) < 4.78 is 1.18. The fraction of sp³-hybridized carbons (Fsp3) is 0.455. The number of hydrogen-bond donors (Lipinski definition) is 1. The SMILES string of the molecule is Cc1cc(Br)ccc1CC1CNC1. The van der Waals surface area contributed by atoms with Crippen LogP contribution in [-0.2, 0) is 6.42 Å². The molecule has 0 radical (unpaired) electrons. The molecule has 0 saturated carbocycles. The van der Waals surface area contributed by atoms with Crippen molar-refractivity contribution < 1.29 is 0 Å². The van der Waals surface area contributed by atoms with Gasteiger partial charge in [0, 0.05) is 4.47 Å². The van der Waals surface area contributed by atoms with Crippen LogP contribution in [0.5, 0.6) is 0 Å². The van der Waals surface area contributed by atoms with Crippen molar-refractivity contribution >= 4 is 15.9 Å². The average Bonchev–Trinajstić information content (AvgIpc) is 1.99. The standard InChI is InChI=1S/C11H14BrN/c1-8-4-11(12)3-2-10(8)5-9-6-13-7-9/h2-4,9,13H,5-7H2,1H3. The van der Waals surface area contributed by atoms with Gasteiger partial charge in [-0.15, -0.1) is 0 Å². The number of rotatable bonds is 2. The Labute approximate surface area is 87.7 Å². The zero-order chi connectivity index (χ0) is 9.26. The van der Waals surface area contributed by atoms with Gasteiger partial charge in [0.1, 0.15) is 0 Å². The maximum absolute atomic E-state index is 3.48. The molecule has 1 aliphatic heterocycles. The third kappa shape index (κ3) is 2.12. The molecule has 1 N–H and O–H groups in total. The second-order valence-electron chi connectivity index (χ2n) is 3.80. The summed E-state index contributed by atoms with van der Waals surface area (Å²) in [5.74, 6) is 0.861. The van der Waals surface area contributed by atoms with Crippen molar-refractivity contribution in [3.8, 4) is 0 Å². The van der Waals surface area contributed by atoms with E-state index < -0.39 is 0 Å². The Bertz CT molecular complexity index is 305. The molecule has 1 nitrogen and oxygen atoms in total. The van der Waals surface area contributed by atoms with Crippen LogP contribution in [0.2, 0.25) is 0 Å². The van der Waals surface area contributed by atoms with Crippen molar-refractivity contribution in [3.63, 3.8) is 0 Å². The molecule has 1 aromatic carbocycles. The van der Waals surface area contributed by atoms with Gasteiger partial charge in [-0.3, -0.25) is 0 Å². The minimum Gasteiger partial charge on any atom is -0.316 e. The molecule has 0 atom stereocenters. The van der Waals surface area contributed by atoms with E-state index in [-0.39, 0.29) is 0 Å². The molecule has 1 fully saturated rings. The van der Waals surface area contributed by atoms with E-state index in [1.807, 2.05) is 0 Å². The Kier molecular flexibility index (Phi) is 2.70. The van der Waals surface area contributed by atoms with Crippen LogP contribution in [0.25, 0.3) is 0 Å². The molecule has 0 unspecified atom stereocenters. The van der Waals surface area contributed by atoms with Gasteiger partial charge in [0.2, 0.25) is 0 Å². The first-order valence-electron chi connectivity index (χ1n) is 4.71. The fourth-order valence-corrected chi connectivity index (χ4v) is 2.17. The largest absolute Gasteiger partial charge is 0.316 e. The molecule has 70 valence electrons. The molecule has 1 aliphatic rings. The van der Waals surface area contributed by atoms with E-state index in [0.29, 0.717) is 0 Å². The first-order valence-corrected chi connectivity index (χ1v) is 5.51. The fourth-order valence-electron chi connectivity index (χ4n) is 1.69. The predicted octanol–water partition coefficient (Wildman–Crippen LogP) is 2.52. The van der Waals surface area contributed by atoms with E-state index >= 15 is 0 Å². The van der Waals surface area contributed by atoms with Gasteiger partial charge in [-0.25, -0.2) is 0 Å². The maximum atomic E-state index is 3.48. The molecular weight excluding hydrogens is 226 g/mol. The third-order valence-corrected chi connectivity index (χ3v) is 3.17. The number of hydrogen-bond acceptors (Lipinski definition) is 1. The molecule has 2 heteroatoms. The summed E-state index contributed by atoms with van der Waals surface area (Å²) in [4.78, 5) is 0. The highest BCUT2D eigenvalue weighted by Crippen LogP contribution is 2.19. The summed E-state index contributed by atoms with van der Waals surface area (Å²) >= 11 is 3.48. The van der Waals surface area contributed by atoms with Gasteiger partial charge in [-0.05, 0) is 55.6 Å². The minimum atomic E-state index is 0.861. The van der Waals surface area contributed by atoms with Crippen LogP contribution >= 0.6 is 15.9 Å². The number of halogens is 1. The first kappa shape index (κ1) is 9.22. The molecule has 2 rings (SSSR count). The van der Waals surface area contributed by atoms with Crippen molar-refractivity contribution in [1.29, 1.82) is 0 Å². The number of nitrogens with one attached hydrogen (secondary N) is 1. The van der Waals surface area contributed by atoms with E-state index in [1.54, 1.807) is 0 Å². The van der Waals surface area contributed by atoms with Gasteiger partial charge >= 0.3 is 0 Å². The molecule has 0 aromatic heterocycles. The van der Waals surface area contributed by atoms with Gasteiger partial charge in [-0.2, -0.15) is 0 Å². The molecule has 0 spiro atoms. The maximum Gasteiger partial charge on any atom is 0.0178 e. The van der Waals surface area contributed by atoms with Gasteiger partial charge < -0.3 is 5.32 Å². The van der Waals surface area contributed by atoms with E-state index in [2.05, 4.69) is 46.4 Å². The van der Waals surface area contributed by atoms with Crippen LogP contribution < -0.4 is 5.32 Å². The highest BCUT2D eigenvalue weighted by Gasteiger charge is 2.17. The monoisotopic (exact) mass is 239 g/mol. The smallest absolute Gasteiger partial charge is 0.0178 e. The van der Waals surface area contributed by atoms with Gasteiger partial charge in [0.15, 0.2) is 0 Å². The van der Waals surface area contributed by atoms with Gasteiger partial charge in [0.05, 0.1) is 0 Å². The molecule has 1 saturated heterocycles. The molecular formula is C11H14BrN. The summed E-state index contributed by atoms with van der Waals surface area (Å²) in [6.45, 7) is 4.57. The van der Waals surface area contributed by atoms with Crippen molar-refractivity contribution in [2.45, 2.75) is 13.3 Å². The highest BCUT2D eigenvalue weighted by molar-refractivity contribution is 9.10. The summed E-state index contributed by atoms with van der Waals surface area (Å²) in [7, 11) is 0. The molecule has 0 aliphatic carbocycles. The van der Waals surface area contributed by atoms with Gasteiger partial charge in [0.25, 0.3) is 0 Å². The minimum absolute atomic E-state index is 0.861. The molecule has 0 bridgehead atoms. The lowest BCUT2D eigenvalue weighted by Gasteiger charge is -2.27. The summed E-state index contributed by atoms with van der Waals surface area (Å²) in [5.41, 5.74) is 2.90. The average molecular weight is 240 g/mol. The van der Waals surface area contributed by atoms with E-state index in [0.717, 1.165) is 5.92 Å². The van der Waals surface area contributed by atoms with E-state index in [9.17, 15) is 0 Å². The van der Waals surface area contributed by atoms with Gasteiger partial charge in [-0.1, -0.05) is 22.0 Å². The second-order valence-corrected chi connectivity index (χ2v) is 4.71. The lowest BCUT2D eigenvalue weighted by molar-refractivity contribution is 0.346.